The third kappa shape index (κ3) is 3.67. The average molecular weight is 374 g/mol. The van der Waals surface area contributed by atoms with E-state index in [1.165, 1.54) is 11.3 Å². The molecule has 7 nitrogen and oxygen atoms in total. The van der Waals surface area contributed by atoms with Gasteiger partial charge in [-0.15, -0.1) is 10.2 Å². The van der Waals surface area contributed by atoms with Gasteiger partial charge in [-0.25, -0.2) is 0 Å². The smallest absolute Gasteiger partial charge is 0.234 e. The van der Waals surface area contributed by atoms with E-state index in [2.05, 4.69) is 25.9 Å². The summed E-state index contributed by atoms with van der Waals surface area (Å²) in [5, 5.41) is 19.6. The van der Waals surface area contributed by atoms with Crippen LogP contribution in [-0.4, -0.2) is 30.8 Å². The maximum Gasteiger partial charge on any atom is 0.234 e. The summed E-state index contributed by atoms with van der Waals surface area (Å²) in [5.41, 5.74) is 2.82. The van der Waals surface area contributed by atoms with Crippen molar-refractivity contribution in [1.82, 2.24) is 25.1 Å². The van der Waals surface area contributed by atoms with E-state index in [-0.39, 0.29) is 5.91 Å². The first-order valence-electron chi connectivity index (χ1n) is 7.89. The number of carbonyl (C=O) groups is 1. The Morgan fingerprint density at radius 2 is 2.12 bits per heavy atom. The van der Waals surface area contributed by atoms with E-state index < -0.39 is 0 Å². The lowest BCUT2D eigenvalue weighted by Crippen LogP contribution is -2.34. The fraction of sp³-hybridized carbons (Fsp3) is 0.312. The van der Waals surface area contributed by atoms with Crippen LogP contribution in [-0.2, 0) is 4.79 Å². The summed E-state index contributed by atoms with van der Waals surface area (Å²) in [6, 6.07) is 5.85. The minimum atomic E-state index is -0.0852. The van der Waals surface area contributed by atoms with Crippen molar-refractivity contribution >= 4 is 45.2 Å². The van der Waals surface area contributed by atoms with Crippen LogP contribution >= 0.6 is 23.6 Å². The molecule has 25 heavy (non-hydrogen) atoms. The zero-order valence-electron chi connectivity index (χ0n) is 14.2. The summed E-state index contributed by atoms with van der Waals surface area (Å²) >= 11 is 6.70. The Hall–Kier alpha value is -2.39. The Balaban J connectivity index is 1.84. The first-order valence-corrected chi connectivity index (χ1v) is 9.11. The number of amides is 1. The zero-order chi connectivity index (χ0) is 18.0. The average Bonchev–Trinajstić information content (AvgIpc) is 3.12. The van der Waals surface area contributed by atoms with E-state index in [4.69, 9.17) is 12.2 Å². The van der Waals surface area contributed by atoms with Crippen LogP contribution in [0.1, 0.15) is 31.2 Å². The number of nitrogens with one attached hydrogen (secondary N) is 2. The van der Waals surface area contributed by atoms with Crippen LogP contribution in [0.15, 0.2) is 18.2 Å². The second-order valence-corrected chi connectivity index (χ2v) is 6.94. The predicted molar refractivity (Wildman–Crippen MR) is 103 cm³/mol. The number of nitrogens with zero attached hydrogens (tertiary/aromatic N) is 4. The lowest BCUT2D eigenvalue weighted by atomic mass is 10.1. The molecule has 1 amide bonds. The Morgan fingerprint density at radius 1 is 1.32 bits per heavy atom. The molecule has 0 fully saturated rings. The van der Waals surface area contributed by atoms with E-state index in [1.807, 2.05) is 39.0 Å². The highest BCUT2D eigenvalue weighted by atomic mass is 32.1. The normalized spacial score (nSPS) is 10.8. The standard InChI is InChI=1S/C16H18N6OS2/c1-4-6-13(23)18-15(24)17-12-8-5-7-11(9(12)2)14-21-22-10(3)19-20-16(22)25-14/h5,7-8H,4,6H2,1-3H3,(H2,17,18,23,24). The molecule has 0 aliphatic rings. The summed E-state index contributed by atoms with van der Waals surface area (Å²) < 4.78 is 1.73. The van der Waals surface area contributed by atoms with Crippen LogP contribution in [0.25, 0.3) is 15.5 Å². The second-order valence-electron chi connectivity index (χ2n) is 5.58. The van der Waals surface area contributed by atoms with Crippen molar-refractivity contribution in [1.29, 1.82) is 0 Å². The molecule has 0 radical (unpaired) electrons. The molecular formula is C16H18N6OS2. The van der Waals surface area contributed by atoms with Crippen molar-refractivity contribution in [3.8, 4) is 10.6 Å². The minimum Gasteiger partial charge on any atom is -0.332 e. The summed E-state index contributed by atoms with van der Waals surface area (Å²) in [4.78, 5) is 12.4. The Labute approximate surface area is 154 Å². The van der Waals surface area contributed by atoms with Crippen LogP contribution in [0.3, 0.4) is 0 Å². The fourth-order valence-corrected chi connectivity index (χ4v) is 3.59. The molecule has 2 heterocycles. The molecule has 9 heteroatoms. The van der Waals surface area contributed by atoms with Gasteiger partial charge in [0, 0.05) is 17.7 Å². The number of thiocarbonyl (C=S) groups is 1. The lowest BCUT2D eigenvalue weighted by Gasteiger charge is -2.13. The molecule has 3 rings (SSSR count). The van der Waals surface area contributed by atoms with Gasteiger partial charge in [0.2, 0.25) is 10.9 Å². The highest BCUT2D eigenvalue weighted by molar-refractivity contribution is 7.80. The Morgan fingerprint density at radius 3 is 2.84 bits per heavy atom. The molecule has 0 atom stereocenters. The number of hydrogen-bond donors (Lipinski definition) is 2. The van der Waals surface area contributed by atoms with Gasteiger partial charge in [0.25, 0.3) is 0 Å². The van der Waals surface area contributed by atoms with Gasteiger partial charge in [-0.05, 0) is 44.1 Å². The topological polar surface area (TPSA) is 84.2 Å². The number of anilines is 1. The molecular weight excluding hydrogens is 356 g/mol. The molecule has 2 N–H and O–H groups in total. The van der Waals surface area contributed by atoms with Crippen LogP contribution in [0.5, 0.6) is 0 Å². The van der Waals surface area contributed by atoms with Gasteiger partial charge < -0.3 is 10.6 Å². The fourth-order valence-electron chi connectivity index (χ4n) is 2.40. The molecule has 130 valence electrons. The SMILES string of the molecule is CCCC(=O)NC(=S)Nc1cccc(-c2nn3c(C)nnc3s2)c1C. The van der Waals surface area contributed by atoms with E-state index in [0.717, 1.165) is 39.0 Å². The van der Waals surface area contributed by atoms with Gasteiger partial charge in [0.1, 0.15) is 5.01 Å². The number of carbonyl (C=O) groups excluding carboxylic acids is 1. The molecule has 0 saturated carbocycles. The second kappa shape index (κ2) is 7.24. The van der Waals surface area contributed by atoms with Gasteiger partial charge in [-0.2, -0.15) is 9.61 Å². The highest BCUT2D eigenvalue weighted by Crippen LogP contribution is 2.31. The minimum absolute atomic E-state index is 0.0852. The van der Waals surface area contributed by atoms with Crippen LogP contribution < -0.4 is 10.6 Å². The third-order valence-corrected chi connectivity index (χ3v) is 4.83. The summed E-state index contributed by atoms with van der Waals surface area (Å²) in [6.07, 6.45) is 1.23. The molecule has 2 aromatic heterocycles. The maximum atomic E-state index is 11.7. The quantitative estimate of drug-likeness (QED) is 0.683. The largest absolute Gasteiger partial charge is 0.332 e. The van der Waals surface area contributed by atoms with Gasteiger partial charge in [-0.3, -0.25) is 4.79 Å². The van der Waals surface area contributed by atoms with Crippen molar-refractivity contribution in [2.24, 2.45) is 0 Å². The molecule has 0 aliphatic heterocycles. The summed E-state index contributed by atoms with van der Waals surface area (Å²) in [7, 11) is 0. The third-order valence-electron chi connectivity index (χ3n) is 3.69. The Bertz CT molecular complexity index is 945. The first-order chi connectivity index (χ1) is 12.0. The molecule has 3 aromatic rings. The number of fused-ring (bicyclic) bond motifs is 1. The van der Waals surface area contributed by atoms with Crippen molar-refractivity contribution in [3.05, 3.63) is 29.6 Å². The van der Waals surface area contributed by atoms with Crippen molar-refractivity contribution < 1.29 is 4.79 Å². The van der Waals surface area contributed by atoms with Gasteiger partial charge in [0.05, 0.1) is 0 Å². The molecule has 0 saturated heterocycles. The van der Waals surface area contributed by atoms with Crippen molar-refractivity contribution in [3.63, 3.8) is 0 Å². The van der Waals surface area contributed by atoms with Gasteiger partial charge >= 0.3 is 0 Å². The van der Waals surface area contributed by atoms with Gasteiger partial charge in [0.15, 0.2) is 10.9 Å². The maximum absolute atomic E-state index is 11.7. The molecule has 1 aromatic carbocycles. The number of rotatable bonds is 4. The van der Waals surface area contributed by atoms with Gasteiger partial charge in [-0.1, -0.05) is 30.4 Å². The number of aryl methyl sites for hydroxylation is 1. The van der Waals surface area contributed by atoms with Crippen LogP contribution in [0.4, 0.5) is 5.69 Å². The molecule has 0 unspecified atom stereocenters. The summed E-state index contributed by atoms with van der Waals surface area (Å²) in [6.45, 7) is 5.81. The molecule has 0 spiro atoms. The van der Waals surface area contributed by atoms with Crippen molar-refractivity contribution in [2.75, 3.05) is 5.32 Å². The van der Waals surface area contributed by atoms with Crippen molar-refractivity contribution in [2.45, 2.75) is 33.6 Å². The summed E-state index contributed by atoms with van der Waals surface area (Å²) in [5.74, 6) is 0.669. The van der Waals surface area contributed by atoms with Crippen LogP contribution in [0.2, 0.25) is 0 Å². The van der Waals surface area contributed by atoms with E-state index in [0.29, 0.717) is 11.5 Å². The van der Waals surface area contributed by atoms with E-state index in [9.17, 15) is 4.79 Å². The van der Waals surface area contributed by atoms with Crippen LogP contribution in [0, 0.1) is 13.8 Å². The number of aromatic nitrogens is 4. The monoisotopic (exact) mass is 374 g/mol. The van der Waals surface area contributed by atoms with E-state index >= 15 is 0 Å². The lowest BCUT2D eigenvalue weighted by molar-refractivity contribution is -0.119. The first kappa shape index (κ1) is 17.4. The molecule has 0 bridgehead atoms. The highest BCUT2D eigenvalue weighted by Gasteiger charge is 2.14. The number of hydrogen-bond acceptors (Lipinski definition) is 6. The Kier molecular flexibility index (Phi) is 5.05. The predicted octanol–water partition coefficient (Wildman–Crippen LogP) is 3.08. The zero-order valence-corrected chi connectivity index (χ0v) is 15.8. The number of benzene rings is 1. The van der Waals surface area contributed by atoms with E-state index in [1.54, 1.807) is 4.52 Å². The molecule has 0 aliphatic carbocycles.